The molecule has 0 saturated carbocycles. The van der Waals surface area contributed by atoms with Crippen LogP contribution in [0, 0.1) is 0 Å². The Labute approximate surface area is 179 Å². The smallest absolute Gasteiger partial charge is 0.237 e. The van der Waals surface area contributed by atoms with E-state index in [2.05, 4.69) is 10.6 Å². The van der Waals surface area contributed by atoms with Gasteiger partial charge in [0.05, 0.1) is 11.7 Å². The van der Waals surface area contributed by atoms with Gasteiger partial charge in [-0.05, 0) is 55.0 Å². The Bertz CT molecular complexity index is 978. The lowest BCUT2D eigenvalue weighted by Gasteiger charge is -2.13. The minimum Gasteiger partial charge on any atom is -0.326 e. The van der Waals surface area contributed by atoms with Gasteiger partial charge in [0.2, 0.25) is 11.8 Å². The fraction of sp³-hybridized carbons (Fsp3) is 0.130. The van der Waals surface area contributed by atoms with Gasteiger partial charge in [-0.2, -0.15) is 0 Å². The number of carbonyl (C=O) groups is 2. The Morgan fingerprint density at radius 2 is 1.62 bits per heavy atom. The highest BCUT2D eigenvalue weighted by molar-refractivity contribution is 8.00. The minimum absolute atomic E-state index is 0.0770. The van der Waals surface area contributed by atoms with Crippen LogP contribution in [0.5, 0.6) is 0 Å². The maximum atomic E-state index is 12.4. The molecule has 29 heavy (non-hydrogen) atoms. The molecule has 2 amide bonds. The molecule has 0 aromatic heterocycles. The molecule has 3 rings (SSSR count). The Kier molecular flexibility index (Phi) is 7.33. The second-order valence-electron chi connectivity index (χ2n) is 6.49. The number of halogens is 1. The van der Waals surface area contributed by atoms with Gasteiger partial charge in [0.1, 0.15) is 0 Å². The molecule has 0 heterocycles. The first-order valence-corrected chi connectivity index (χ1v) is 10.4. The summed E-state index contributed by atoms with van der Waals surface area (Å²) in [5.41, 5.74) is 2.37. The summed E-state index contributed by atoms with van der Waals surface area (Å²) in [6, 6.07) is 24.1. The summed E-state index contributed by atoms with van der Waals surface area (Å²) in [7, 11) is 0. The summed E-state index contributed by atoms with van der Waals surface area (Å²) >= 11 is 7.30. The lowest BCUT2D eigenvalue weighted by Crippen LogP contribution is -2.22. The van der Waals surface area contributed by atoms with Crippen LogP contribution >= 0.6 is 23.4 Å². The first-order valence-electron chi connectivity index (χ1n) is 9.16. The molecule has 0 fully saturated rings. The fourth-order valence-corrected chi connectivity index (χ4v) is 3.72. The van der Waals surface area contributed by atoms with Crippen molar-refractivity contribution in [3.8, 4) is 0 Å². The monoisotopic (exact) mass is 424 g/mol. The third kappa shape index (κ3) is 6.66. The number of nitrogens with one attached hydrogen (secondary N) is 2. The van der Waals surface area contributed by atoms with Crippen molar-refractivity contribution in [1.29, 1.82) is 0 Å². The predicted molar refractivity (Wildman–Crippen MR) is 121 cm³/mol. The van der Waals surface area contributed by atoms with Crippen molar-refractivity contribution in [3.63, 3.8) is 0 Å². The van der Waals surface area contributed by atoms with Gasteiger partial charge in [0.25, 0.3) is 0 Å². The van der Waals surface area contributed by atoms with Gasteiger partial charge in [-0.15, -0.1) is 11.8 Å². The summed E-state index contributed by atoms with van der Waals surface area (Å²) < 4.78 is 0. The summed E-state index contributed by atoms with van der Waals surface area (Å²) in [6.07, 6.45) is 0.318. The molecule has 2 N–H and O–H groups in total. The van der Waals surface area contributed by atoms with Crippen LogP contribution in [0.4, 0.5) is 11.4 Å². The zero-order chi connectivity index (χ0) is 20.6. The number of hydrogen-bond donors (Lipinski definition) is 2. The fourth-order valence-electron chi connectivity index (χ4n) is 2.67. The topological polar surface area (TPSA) is 58.2 Å². The Morgan fingerprint density at radius 1 is 0.897 bits per heavy atom. The first kappa shape index (κ1) is 21.0. The third-order valence-corrected chi connectivity index (χ3v) is 5.46. The molecule has 148 valence electrons. The van der Waals surface area contributed by atoms with E-state index in [0.29, 0.717) is 22.8 Å². The van der Waals surface area contributed by atoms with Crippen LogP contribution in [-0.2, 0) is 16.0 Å². The Balaban J connectivity index is 1.56. The van der Waals surface area contributed by atoms with Gasteiger partial charge in [-0.1, -0.05) is 48.0 Å². The van der Waals surface area contributed by atoms with Crippen molar-refractivity contribution < 1.29 is 9.59 Å². The van der Waals surface area contributed by atoms with Crippen LogP contribution in [0.1, 0.15) is 12.5 Å². The number of rotatable bonds is 7. The average Bonchev–Trinajstić information content (AvgIpc) is 2.70. The van der Waals surface area contributed by atoms with Crippen LogP contribution in [0.2, 0.25) is 5.02 Å². The standard InChI is InChI=1S/C23H21ClN2O2S/c1-16(23(28)26-19-12-10-18(24)11-13-19)29-21-9-5-8-20(15-21)25-22(27)14-17-6-3-2-4-7-17/h2-13,15-16H,14H2,1H3,(H,25,27)(H,26,28). The quantitative estimate of drug-likeness (QED) is 0.482. The van der Waals surface area contributed by atoms with Gasteiger partial charge in [-0.25, -0.2) is 0 Å². The first-order chi connectivity index (χ1) is 14.0. The molecule has 0 aliphatic heterocycles. The maximum Gasteiger partial charge on any atom is 0.237 e. The lowest BCUT2D eigenvalue weighted by molar-refractivity contribution is -0.116. The van der Waals surface area contributed by atoms with Gasteiger partial charge in [-0.3, -0.25) is 9.59 Å². The molecular formula is C23H21ClN2O2S. The molecule has 0 radical (unpaired) electrons. The highest BCUT2D eigenvalue weighted by atomic mass is 35.5. The van der Waals surface area contributed by atoms with Crippen LogP contribution in [0.15, 0.2) is 83.8 Å². The molecular weight excluding hydrogens is 404 g/mol. The van der Waals surface area contributed by atoms with E-state index in [1.165, 1.54) is 11.8 Å². The normalized spacial score (nSPS) is 11.5. The number of thioether (sulfide) groups is 1. The van der Waals surface area contributed by atoms with Crippen LogP contribution in [0.3, 0.4) is 0 Å². The van der Waals surface area contributed by atoms with Gasteiger partial charge in [0, 0.05) is 21.3 Å². The number of benzene rings is 3. The van der Waals surface area contributed by atoms with E-state index in [1.54, 1.807) is 24.3 Å². The lowest BCUT2D eigenvalue weighted by atomic mass is 10.1. The number of hydrogen-bond acceptors (Lipinski definition) is 3. The van der Waals surface area contributed by atoms with Crippen molar-refractivity contribution in [2.24, 2.45) is 0 Å². The molecule has 0 aliphatic rings. The number of carbonyl (C=O) groups excluding carboxylic acids is 2. The summed E-state index contributed by atoms with van der Waals surface area (Å²) in [5.74, 6) is -0.178. The van der Waals surface area contributed by atoms with Crippen molar-refractivity contribution in [2.75, 3.05) is 10.6 Å². The molecule has 1 atom stereocenters. The zero-order valence-electron chi connectivity index (χ0n) is 15.9. The molecule has 3 aromatic carbocycles. The molecule has 0 aliphatic carbocycles. The molecule has 1 unspecified atom stereocenters. The van der Waals surface area contributed by atoms with Gasteiger partial charge in [0.15, 0.2) is 0 Å². The van der Waals surface area contributed by atoms with E-state index < -0.39 is 0 Å². The zero-order valence-corrected chi connectivity index (χ0v) is 17.5. The van der Waals surface area contributed by atoms with E-state index in [0.717, 1.165) is 10.5 Å². The van der Waals surface area contributed by atoms with E-state index in [9.17, 15) is 9.59 Å². The molecule has 3 aromatic rings. The average molecular weight is 425 g/mol. The minimum atomic E-state index is -0.305. The van der Waals surface area contributed by atoms with Crippen molar-refractivity contribution >= 4 is 46.6 Å². The summed E-state index contributed by atoms with van der Waals surface area (Å²) in [4.78, 5) is 25.6. The van der Waals surface area contributed by atoms with Gasteiger partial charge >= 0.3 is 0 Å². The molecule has 4 nitrogen and oxygen atoms in total. The van der Waals surface area contributed by atoms with E-state index in [1.807, 2.05) is 61.5 Å². The second-order valence-corrected chi connectivity index (χ2v) is 8.35. The maximum absolute atomic E-state index is 12.4. The highest BCUT2D eigenvalue weighted by Gasteiger charge is 2.15. The second kappa shape index (κ2) is 10.1. The van der Waals surface area contributed by atoms with E-state index >= 15 is 0 Å². The predicted octanol–water partition coefficient (Wildman–Crippen LogP) is 5.64. The molecule has 0 bridgehead atoms. The van der Waals surface area contributed by atoms with E-state index in [4.69, 9.17) is 11.6 Å². The van der Waals surface area contributed by atoms with Crippen molar-refractivity contribution in [3.05, 3.63) is 89.4 Å². The highest BCUT2D eigenvalue weighted by Crippen LogP contribution is 2.27. The largest absolute Gasteiger partial charge is 0.326 e. The van der Waals surface area contributed by atoms with Crippen molar-refractivity contribution in [1.82, 2.24) is 0 Å². The number of anilines is 2. The van der Waals surface area contributed by atoms with Gasteiger partial charge < -0.3 is 10.6 Å². The Morgan fingerprint density at radius 3 is 2.34 bits per heavy atom. The summed E-state index contributed by atoms with van der Waals surface area (Å²) in [6.45, 7) is 1.84. The SMILES string of the molecule is CC(Sc1cccc(NC(=O)Cc2ccccc2)c1)C(=O)Nc1ccc(Cl)cc1. The molecule has 6 heteroatoms. The summed E-state index contributed by atoms with van der Waals surface area (Å²) in [5, 5.41) is 6.11. The van der Waals surface area contributed by atoms with Crippen LogP contribution in [0.25, 0.3) is 0 Å². The Hall–Kier alpha value is -2.76. The number of amides is 2. The van der Waals surface area contributed by atoms with E-state index in [-0.39, 0.29) is 17.1 Å². The molecule has 0 spiro atoms. The molecule has 0 saturated heterocycles. The van der Waals surface area contributed by atoms with Crippen molar-refractivity contribution in [2.45, 2.75) is 23.5 Å². The third-order valence-electron chi connectivity index (χ3n) is 4.12. The van der Waals surface area contributed by atoms with Crippen LogP contribution < -0.4 is 10.6 Å². The van der Waals surface area contributed by atoms with Crippen LogP contribution in [-0.4, -0.2) is 17.1 Å².